The summed E-state index contributed by atoms with van der Waals surface area (Å²) in [5, 5.41) is 0.568. The van der Waals surface area contributed by atoms with E-state index in [1.807, 2.05) is 25.1 Å². The maximum absolute atomic E-state index is 12.3. The summed E-state index contributed by atoms with van der Waals surface area (Å²) < 4.78 is 6.09. The Morgan fingerprint density at radius 2 is 1.95 bits per heavy atom. The molecule has 0 fully saturated rings. The van der Waals surface area contributed by atoms with E-state index in [4.69, 9.17) is 16.3 Å². The van der Waals surface area contributed by atoms with Crippen LogP contribution < -0.4 is 4.74 Å². The van der Waals surface area contributed by atoms with E-state index in [2.05, 4.69) is 12.1 Å². The van der Waals surface area contributed by atoms with Crippen LogP contribution in [0.3, 0.4) is 0 Å². The maximum atomic E-state index is 12.3. The molecule has 1 aliphatic heterocycles. The first-order valence-corrected chi connectivity index (χ1v) is 7.49. The number of rotatable bonds is 3. The Hall–Kier alpha value is -1.80. The fourth-order valence-corrected chi connectivity index (χ4v) is 2.91. The minimum Gasteiger partial charge on any atom is -0.486 e. The van der Waals surface area contributed by atoms with Gasteiger partial charge in [-0.1, -0.05) is 41.9 Å². The molecule has 1 heterocycles. The second kappa shape index (κ2) is 5.53. The highest BCUT2D eigenvalue weighted by atomic mass is 35.5. The highest BCUT2D eigenvalue weighted by Crippen LogP contribution is 2.36. The summed E-state index contributed by atoms with van der Waals surface area (Å²) in [7, 11) is 0. The summed E-state index contributed by atoms with van der Waals surface area (Å²) in [6.45, 7) is 2.01. The topological polar surface area (TPSA) is 26.3 Å². The summed E-state index contributed by atoms with van der Waals surface area (Å²) in [6.07, 6.45) is 2.10. The molecule has 2 aromatic rings. The normalized spacial score (nSPS) is 20.8. The van der Waals surface area contributed by atoms with Crippen molar-refractivity contribution in [2.75, 3.05) is 0 Å². The largest absolute Gasteiger partial charge is 0.486 e. The molecule has 0 N–H and O–H groups in total. The number of hydrogen-bond donors (Lipinski definition) is 0. The van der Waals surface area contributed by atoms with Gasteiger partial charge in [0.1, 0.15) is 11.4 Å². The number of fused-ring (bicyclic) bond motifs is 1. The molecule has 0 saturated heterocycles. The van der Waals surface area contributed by atoms with Crippen LogP contribution in [0.15, 0.2) is 48.5 Å². The number of hydrogen-bond acceptors (Lipinski definition) is 2. The molecule has 0 spiro atoms. The smallest absolute Gasteiger partial charge is 0.170 e. The Kier molecular flexibility index (Phi) is 3.73. The standard InChI is InChI=1S/C18H17ClO2/c1-18(10-9-13-5-3-2-4-6-13)12-16(20)15-11-14(19)7-8-17(15)21-18/h2-8,11H,9-10,12H2,1H3. The second-order valence-corrected chi connectivity index (χ2v) is 6.21. The Labute approximate surface area is 129 Å². The van der Waals surface area contributed by atoms with Crippen molar-refractivity contribution in [3.8, 4) is 5.75 Å². The number of ether oxygens (including phenoxy) is 1. The van der Waals surface area contributed by atoms with Gasteiger partial charge in [-0.15, -0.1) is 0 Å². The molecule has 2 nitrogen and oxygen atoms in total. The fraction of sp³-hybridized carbons (Fsp3) is 0.278. The molecular weight excluding hydrogens is 284 g/mol. The van der Waals surface area contributed by atoms with Crippen molar-refractivity contribution >= 4 is 17.4 Å². The van der Waals surface area contributed by atoms with Crippen LogP contribution in [0.1, 0.15) is 35.7 Å². The molecule has 0 saturated carbocycles. The number of carbonyl (C=O) groups excluding carboxylic acids is 1. The molecule has 108 valence electrons. The minimum atomic E-state index is -0.451. The van der Waals surface area contributed by atoms with Crippen LogP contribution in [0.2, 0.25) is 5.02 Å². The zero-order chi connectivity index (χ0) is 14.9. The van der Waals surface area contributed by atoms with Crippen LogP contribution in [0.25, 0.3) is 0 Å². The third-order valence-corrected chi connectivity index (χ3v) is 4.15. The third kappa shape index (κ3) is 3.11. The van der Waals surface area contributed by atoms with E-state index < -0.39 is 5.60 Å². The van der Waals surface area contributed by atoms with Crippen molar-refractivity contribution in [1.29, 1.82) is 0 Å². The van der Waals surface area contributed by atoms with Gasteiger partial charge in [-0.05, 0) is 43.5 Å². The predicted octanol–water partition coefficient (Wildman–Crippen LogP) is 4.70. The van der Waals surface area contributed by atoms with Crippen molar-refractivity contribution in [1.82, 2.24) is 0 Å². The molecule has 21 heavy (non-hydrogen) atoms. The Bertz CT molecular complexity index is 666. The Morgan fingerprint density at radius 3 is 2.71 bits per heavy atom. The molecule has 1 aliphatic rings. The van der Waals surface area contributed by atoms with E-state index in [1.54, 1.807) is 18.2 Å². The van der Waals surface area contributed by atoms with Crippen LogP contribution in [0.5, 0.6) is 5.75 Å². The molecular formula is C18H17ClO2. The van der Waals surface area contributed by atoms with E-state index in [1.165, 1.54) is 5.56 Å². The lowest BCUT2D eigenvalue weighted by Gasteiger charge is -2.35. The number of aryl methyl sites for hydroxylation is 1. The van der Waals surface area contributed by atoms with E-state index >= 15 is 0 Å². The van der Waals surface area contributed by atoms with Crippen LogP contribution >= 0.6 is 11.6 Å². The van der Waals surface area contributed by atoms with Gasteiger partial charge >= 0.3 is 0 Å². The number of Topliss-reactive ketones (excluding diaryl/α,β-unsaturated/α-hetero) is 1. The number of benzene rings is 2. The molecule has 0 bridgehead atoms. The Morgan fingerprint density at radius 1 is 1.19 bits per heavy atom. The number of ketones is 1. The molecule has 0 radical (unpaired) electrons. The van der Waals surface area contributed by atoms with Gasteiger partial charge in [0.05, 0.1) is 12.0 Å². The molecule has 1 atom stereocenters. The quantitative estimate of drug-likeness (QED) is 0.821. The highest BCUT2D eigenvalue weighted by molar-refractivity contribution is 6.31. The van der Waals surface area contributed by atoms with Crippen molar-refractivity contribution < 1.29 is 9.53 Å². The molecule has 0 aromatic heterocycles. The van der Waals surface area contributed by atoms with Crippen LogP contribution in [0, 0.1) is 0 Å². The number of carbonyl (C=O) groups is 1. The molecule has 0 aliphatic carbocycles. The van der Waals surface area contributed by atoms with Gasteiger partial charge in [0.2, 0.25) is 0 Å². The zero-order valence-electron chi connectivity index (χ0n) is 11.9. The summed E-state index contributed by atoms with van der Waals surface area (Å²) in [6, 6.07) is 15.5. The molecule has 3 heteroatoms. The lowest BCUT2D eigenvalue weighted by Crippen LogP contribution is -2.39. The minimum absolute atomic E-state index is 0.106. The van der Waals surface area contributed by atoms with Gasteiger partial charge in [0.25, 0.3) is 0 Å². The van der Waals surface area contributed by atoms with E-state index in [9.17, 15) is 4.79 Å². The molecule has 3 rings (SSSR count). The van der Waals surface area contributed by atoms with Gasteiger partial charge in [-0.3, -0.25) is 4.79 Å². The van der Waals surface area contributed by atoms with Gasteiger partial charge < -0.3 is 4.74 Å². The monoisotopic (exact) mass is 300 g/mol. The maximum Gasteiger partial charge on any atom is 0.170 e. The lowest BCUT2D eigenvalue weighted by atomic mass is 9.87. The molecule has 0 amide bonds. The summed E-state index contributed by atoms with van der Waals surface area (Å²) in [5.74, 6) is 0.750. The van der Waals surface area contributed by atoms with E-state index in [0.29, 0.717) is 22.8 Å². The van der Waals surface area contributed by atoms with Gasteiger partial charge in [-0.2, -0.15) is 0 Å². The predicted molar refractivity (Wildman–Crippen MR) is 84.2 cm³/mol. The lowest BCUT2D eigenvalue weighted by molar-refractivity contribution is 0.0471. The zero-order valence-corrected chi connectivity index (χ0v) is 12.7. The first-order chi connectivity index (χ1) is 10.1. The van der Waals surface area contributed by atoms with Gasteiger partial charge in [-0.25, -0.2) is 0 Å². The SMILES string of the molecule is CC1(CCc2ccccc2)CC(=O)c2cc(Cl)ccc2O1. The highest BCUT2D eigenvalue weighted by Gasteiger charge is 2.36. The van der Waals surface area contributed by atoms with Crippen molar-refractivity contribution in [2.24, 2.45) is 0 Å². The average Bonchev–Trinajstić information content (AvgIpc) is 2.47. The Balaban J connectivity index is 1.77. The molecule has 2 aromatic carbocycles. The first kappa shape index (κ1) is 14.2. The van der Waals surface area contributed by atoms with E-state index in [-0.39, 0.29) is 5.78 Å². The third-order valence-electron chi connectivity index (χ3n) is 3.92. The fourth-order valence-electron chi connectivity index (χ4n) is 2.74. The summed E-state index contributed by atoms with van der Waals surface area (Å²) >= 11 is 5.95. The second-order valence-electron chi connectivity index (χ2n) is 5.78. The van der Waals surface area contributed by atoms with Crippen LogP contribution in [-0.2, 0) is 6.42 Å². The van der Waals surface area contributed by atoms with Crippen molar-refractivity contribution in [3.05, 3.63) is 64.7 Å². The number of halogens is 1. The van der Waals surface area contributed by atoms with Crippen molar-refractivity contribution in [3.63, 3.8) is 0 Å². The van der Waals surface area contributed by atoms with Crippen LogP contribution in [0.4, 0.5) is 0 Å². The first-order valence-electron chi connectivity index (χ1n) is 7.11. The summed E-state index contributed by atoms with van der Waals surface area (Å²) in [4.78, 5) is 12.3. The van der Waals surface area contributed by atoms with Crippen LogP contribution in [-0.4, -0.2) is 11.4 Å². The summed E-state index contributed by atoms with van der Waals surface area (Å²) in [5.41, 5.74) is 1.41. The average molecular weight is 301 g/mol. The van der Waals surface area contributed by atoms with Crippen molar-refractivity contribution in [2.45, 2.75) is 31.8 Å². The molecule has 1 unspecified atom stereocenters. The van der Waals surface area contributed by atoms with E-state index in [0.717, 1.165) is 12.8 Å². The van der Waals surface area contributed by atoms with Gasteiger partial charge in [0.15, 0.2) is 5.78 Å². The van der Waals surface area contributed by atoms with Gasteiger partial charge in [0, 0.05) is 5.02 Å².